The van der Waals surface area contributed by atoms with E-state index >= 15 is 0 Å². The van der Waals surface area contributed by atoms with Gasteiger partial charge in [0.1, 0.15) is 0 Å². The molecule has 14 heavy (non-hydrogen) atoms. The Kier molecular flexibility index (Phi) is 3.17. The van der Waals surface area contributed by atoms with Crippen LogP contribution in [-0.2, 0) is 20.4 Å². The van der Waals surface area contributed by atoms with Crippen molar-refractivity contribution in [1.29, 1.82) is 0 Å². The van der Waals surface area contributed by atoms with Crippen molar-refractivity contribution in [2.45, 2.75) is 5.75 Å². The van der Waals surface area contributed by atoms with Gasteiger partial charge in [-0.3, -0.25) is 0 Å². The average Bonchev–Trinajstić information content (AvgIpc) is 2.02. The van der Waals surface area contributed by atoms with E-state index in [2.05, 4.69) is 4.99 Å². The summed E-state index contributed by atoms with van der Waals surface area (Å²) in [5.74, 6) is -0.0464. The summed E-state index contributed by atoms with van der Waals surface area (Å²) in [6, 6.07) is 6.48. The molecule has 0 unspecified atom stereocenters. The molecule has 1 aromatic rings. The standard InChI is InChI=1S/C9H9NO3S/c1-14(12,13)6-8-3-2-4-9(5-8)10-7-11/h2-5H,6H2,1H3. The number of hydrogen-bond acceptors (Lipinski definition) is 4. The number of benzene rings is 1. The molecule has 0 amide bonds. The highest BCUT2D eigenvalue weighted by Gasteiger charge is 2.04. The molecular formula is C9H9NO3S. The molecule has 0 radical (unpaired) electrons. The summed E-state index contributed by atoms with van der Waals surface area (Å²) < 4.78 is 21.9. The van der Waals surface area contributed by atoms with Gasteiger partial charge in [-0.15, -0.1) is 0 Å². The lowest BCUT2D eigenvalue weighted by Gasteiger charge is -1.99. The monoisotopic (exact) mass is 211 g/mol. The molecule has 0 saturated carbocycles. The zero-order valence-corrected chi connectivity index (χ0v) is 8.41. The summed E-state index contributed by atoms with van der Waals surface area (Å²) >= 11 is 0. The molecule has 0 spiro atoms. The van der Waals surface area contributed by atoms with E-state index in [1.165, 1.54) is 6.08 Å². The Morgan fingerprint density at radius 1 is 1.43 bits per heavy atom. The first kappa shape index (κ1) is 10.6. The minimum absolute atomic E-state index is 0.0464. The van der Waals surface area contributed by atoms with Crippen LogP contribution in [0, 0.1) is 0 Å². The molecule has 0 fully saturated rings. The van der Waals surface area contributed by atoms with Crippen molar-refractivity contribution in [3.8, 4) is 0 Å². The van der Waals surface area contributed by atoms with E-state index in [1.807, 2.05) is 0 Å². The summed E-state index contributed by atoms with van der Waals surface area (Å²) in [7, 11) is -3.05. The van der Waals surface area contributed by atoms with Crippen molar-refractivity contribution in [3.63, 3.8) is 0 Å². The van der Waals surface area contributed by atoms with Crippen molar-refractivity contribution < 1.29 is 13.2 Å². The Bertz CT molecular complexity index is 473. The first-order valence-electron chi connectivity index (χ1n) is 3.86. The number of carbonyl (C=O) groups excluding carboxylic acids is 1. The van der Waals surface area contributed by atoms with Gasteiger partial charge in [-0.2, -0.15) is 4.99 Å². The van der Waals surface area contributed by atoms with Gasteiger partial charge in [0.05, 0.1) is 11.4 Å². The Balaban J connectivity index is 3.00. The largest absolute Gasteiger partial charge is 0.240 e. The highest BCUT2D eigenvalue weighted by atomic mass is 32.2. The van der Waals surface area contributed by atoms with Gasteiger partial charge < -0.3 is 0 Å². The molecule has 1 aromatic carbocycles. The maximum atomic E-state index is 11.0. The summed E-state index contributed by atoms with van der Waals surface area (Å²) in [4.78, 5) is 13.4. The van der Waals surface area contributed by atoms with Crippen LogP contribution in [0.2, 0.25) is 0 Å². The van der Waals surface area contributed by atoms with Crippen LogP contribution >= 0.6 is 0 Å². The fraction of sp³-hybridized carbons (Fsp3) is 0.222. The highest BCUT2D eigenvalue weighted by molar-refractivity contribution is 7.89. The normalized spacial score (nSPS) is 10.6. The van der Waals surface area contributed by atoms with Gasteiger partial charge in [-0.1, -0.05) is 12.1 Å². The Morgan fingerprint density at radius 2 is 2.14 bits per heavy atom. The number of isocyanates is 1. The minimum Gasteiger partial charge on any atom is -0.229 e. The summed E-state index contributed by atoms with van der Waals surface area (Å²) in [6.07, 6.45) is 2.56. The lowest BCUT2D eigenvalue weighted by atomic mass is 10.2. The molecule has 0 aliphatic carbocycles. The zero-order valence-electron chi connectivity index (χ0n) is 7.60. The Hall–Kier alpha value is -1.45. The topological polar surface area (TPSA) is 63.6 Å². The molecule has 4 nitrogen and oxygen atoms in total. The lowest BCUT2D eigenvalue weighted by molar-refractivity contribution is 0.565. The van der Waals surface area contributed by atoms with E-state index in [0.717, 1.165) is 6.26 Å². The molecule has 0 aliphatic rings. The van der Waals surface area contributed by atoms with Crippen LogP contribution in [-0.4, -0.2) is 20.8 Å². The van der Waals surface area contributed by atoms with Gasteiger partial charge in [0.2, 0.25) is 6.08 Å². The van der Waals surface area contributed by atoms with Crippen molar-refractivity contribution >= 4 is 21.6 Å². The van der Waals surface area contributed by atoms with E-state index in [9.17, 15) is 13.2 Å². The third-order valence-electron chi connectivity index (χ3n) is 1.51. The van der Waals surface area contributed by atoms with Crippen LogP contribution in [0.15, 0.2) is 29.3 Å². The maximum absolute atomic E-state index is 11.0. The molecule has 0 heterocycles. The van der Waals surface area contributed by atoms with Gasteiger partial charge in [-0.05, 0) is 17.7 Å². The summed E-state index contributed by atoms with van der Waals surface area (Å²) in [5.41, 5.74) is 1.03. The van der Waals surface area contributed by atoms with Crippen LogP contribution in [0.4, 0.5) is 5.69 Å². The summed E-state index contributed by atoms with van der Waals surface area (Å²) in [5, 5.41) is 0. The molecule has 74 valence electrons. The van der Waals surface area contributed by atoms with Crippen molar-refractivity contribution in [2.75, 3.05) is 6.26 Å². The molecule has 0 N–H and O–H groups in total. The Labute approximate surface area is 82.2 Å². The number of aliphatic imine (C=N–C) groups is 1. The second-order valence-corrected chi connectivity index (χ2v) is 5.08. The number of rotatable bonds is 3. The smallest absolute Gasteiger partial charge is 0.229 e. The van der Waals surface area contributed by atoms with Crippen LogP contribution in [0.25, 0.3) is 0 Å². The molecular weight excluding hydrogens is 202 g/mol. The first-order chi connectivity index (χ1) is 6.51. The summed E-state index contributed by atoms with van der Waals surface area (Å²) in [6.45, 7) is 0. The van der Waals surface area contributed by atoms with Crippen LogP contribution < -0.4 is 0 Å². The molecule has 1 rings (SSSR count). The van der Waals surface area contributed by atoms with E-state index in [0.29, 0.717) is 11.3 Å². The second kappa shape index (κ2) is 4.17. The van der Waals surface area contributed by atoms with Gasteiger partial charge in [0, 0.05) is 6.26 Å². The van der Waals surface area contributed by atoms with E-state index in [1.54, 1.807) is 24.3 Å². The van der Waals surface area contributed by atoms with Crippen molar-refractivity contribution in [2.24, 2.45) is 4.99 Å². The molecule has 0 aromatic heterocycles. The third-order valence-corrected chi connectivity index (χ3v) is 2.37. The fourth-order valence-corrected chi connectivity index (χ4v) is 1.86. The third kappa shape index (κ3) is 3.51. The van der Waals surface area contributed by atoms with Crippen molar-refractivity contribution in [1.82, 2.24) is 0 Å². The van der Waals surface area contributed by atoms with E-state index in [-0.39, 0.29) is 5.75 Å². The zero-order chi connectivity index (χ0) is 10.6. The molecule has 0 aliphatic heterocycles. The van der Waals surface area contributed by atoms with Crippen LogP contribution in [0.5, 0.6) is 0 Å². The number of nitrogens with zero attached hydrogens (tertiary/aromatic N) is 1. The molecule has 0 bridgehead atoms. The average molecular weight is 211 g/mol. The van der Waals surface area contributed by atoms with Gasteiger partial charge in [-0.25, -0.2) is 13.2 Å². The molecule has 5 heteroatoms. The van der Waals surface area contributed by atoms with Gasteiger partial charge in [0.25, 0.3) is 0 Å². The maximum Gasteiger partial charge on any atom is 0.240 e. The van der Waals surface area contributed by atoms with E-state index < -0.39 is 9.84 Å². The van der Waals surface area contributed by atoms with Gasteiger partial charge >= 0.3 is 0 Å². The second-order valence-electron chi connectivity index (χ2n) is 2.94. The SMILES string of the molecule is CS(=O)(=O)Cc1cccc(N=C=O)c1. The highest BCUT2D eigenvalue weighted by Crippen LogP contribution is 2.14. The van der Waals surface area contributed by atoms with Crippen molar-refractivity contribution in [3.05, 3.63) is 29.8 Å². The fourth-order valence-electron chi connectivity index (χ4n) is 1.07. The first-order valence-corrected chi connectivity index (χ1v) is 5.92. The number of sulfone groups is 1. The Morgan fingerprint density at radius 3 is 2.71 bits per heavy atom. The van der Waals surface area contributed by atoms with Gasteiger partial charge in [0.15, 0.2) is 9.84 Å². The predicted octanol–water partition coefficient (Wildman–Crippen LogP) is 1.20. The number of hydrogen-bond donors (Lipinski definition) is 0. The quantitative estimate of drug-likeness (QED) is 0.557. The molecule has 0 saturated heterocycles. The van der Waals surface area contributed by atoms with Crippen LogP contribution in [0.1, 0.15) is 5.56 Å². The lowest BCUT2D eigenvalue weighted by Crippen LogP contribution is -1.99. The minimum atomic E-state index is -3.05. The van der Waals surface area contributed by atoms with Crippen LogP contribution in [0.3, 0.4) is 0 Å². The predicted molar refractivity (Wildman–Crippen MR) is 52.8 cm³/mol. The molecule has 0 atom stereocenters. The van der Waals surface area contributed by atoms with E-state index in [4.69, 9.17) is 0 Å².